The molecule has 1 fully saturated rings. The maximum absolute atomic E-state index is 12.4. The molecule has 1 aliphatic rings. The first kappa shape index (κ1) is 20.9. The SMILES string of the molecule is O=c1nc(-c2ccc(C#CC3CC3)cc2)nc(-c2c(Cl)cccc2OCc2ccccn2)[nH]1. The van der Waals surface area contributed by atoms with Crippen LogP contribution in [0, 0.1) is 17.8 Å². The number of ether oxygens (including phenoxy) is 1. The molecule has 4 aromatic rings. The van der Waals surface area contributed by atoms with E-state index < -0.39 is 5.69 Å². The Labute approximate surface area is 195 Å². The Morgan fingerprint density at radius 1 is 1.03 bits per heavy atom. The number of nitrogens with zero attached hydrogens (tertiary/aromatic N) is 3. The second-order valence-electron chi connectivity index (χ2n) is 7.67. The second kappa shape index (κ2) is 9.27. The van der Waals surface area contributed by atoms with Gasteiger partial charge in [0.15, 0.2) is 5.82 Å². The van der Waals surface area contributed by atoms with Gasteiger partial charge in [-0.15, -0.1) is 0 Å². The predicted octanol–water partition coefficient (Wildman–Crippen LogP) is 4.89. The molecule has 0 unspecified atom stereocenters. The number of hydrogen-bond donors (Lipinski definition) is 1. The summed E-state index contributed by atoms with van der Waals surface area (Å²) >= 11 is 6.49. The number of rotatable bonds is 5. The lowest BCUT2D eigenvalue weighted by Gasteiger charge is -2.13. The van der Waals surface area contributed by atoms with Crippen LogP contribution in [0.25, 0.3) is 22.8 Å². The van der Waals surface area contributed by atoms with Crippen molar-refractivity contribution < 1.29 is 4.74 Å². The first-order chi connectivity index (χ1) is 16.2. The maximum Gasteiger partial charge on any atom is 0.348 e. The maximum atomic E-state index is 12.4. The minimum absolute atomic E-state index is 0.250. The third kappa shape index (κ3) is 5.11. The molecule has 5 rings (SSSR count). The molecule has 0 spiro atoms. The molecule has 0 bridgehead atoms. The van der Waals surface area contributed by atoms with Crippen LogP contribution in [-0.4, -0.2) is 19.9 Å². The predicted molar refractivity (Wildman–Crippen MR) is 127 cm³/mol. The van der Waals surface area contributed by atoms with Gasteiger partial charge in [0, 0.05) is 23.2 Å². The lowest BCUT2D eigenvalue weighted by molar-refractivity contribution is 0.302. The number of benzene rings is 2. The molecule has 0 radical (unpaired) electrons. The van der Waals surface area contributed by atoms with Crippen LogP contribution in [0.1, 0.15) is 24.1 Å². The molecule has 1 N–H and O–H groups in total. The molecule has 2 heterocycles. The van der Waals surface area contributed by atoms with Crippen molar-refractivity contribution in [1.29, 1.82) is 0 Å². The van der Waals surface area contributed by atoms with Gasteiger partial charge in [0.25, 0.3) is 0 Å². The summed E-state index contributed by atoms with van der Waals surface area (Å²) in [5, 5.41) is 0.402. The van der Waals surface area contributed by atoms with Crippen LogP contribution < -0.4 is 10.4 Å². The summed E-state index contributed by atoms with van der Waals surface area (Å²) in [6.07, 6.45) is 4.07. The molecule has 0 atom stereocenters. The summed E-state index contributed by atoms with van der Waals surface area (Å²) in [5.41, 5.74) is 2.37. The fourth-order valence-electron chi connectivity index (χ4n) is 3.24. The molecule has 0 amide bonds. The Morgan fingerprint density at radius 2 is 1.88 bits per heavy atom. The van der Waals surface area contributed by atoms with Crippen molar-refractivity contribution in [2.24, 2.45) is 5.92 Å². The summed E-state index contributed by atoms with van der Waals surface area (Å²) in [6.45, 7) is 0.250. The molecule has 1 aliphatic carbocycles. The zero-order valence-corrected chi connectivity index (χ0v) is 18.3. The van der Waals surface area contributed by atoms with Crippen LogP contribution in [0.5, 0.6) is 5.75 Å². The van der Waals surface area contributed by atoms with Crippen molar-refractivity contribution in [3.63, 3.8) is 0 Å². The summed E-state index contributed by atoms with van der Waals surface area (Å²) in [7, 11) is 0. The fourth-order valence-corrected chi connectivity index (χ4v) is 3.49. The third-order valence-electron chi connectivity index (χ3n) is 5.11. The molecule has 162 valence electrons. The Hall–Kier alpha value is -3.95. The van der Waals surface area contributed by atoms with Gasteiger partial charge in [0.05, 0.1) is 16.3 Å². The standard InChI is InChI=1S/C26H19ClN4O2/c27-21-5-3-6-22(33-16-20-4-1-2-15-28-20)23(21)25-29-24(30-26(32)31-25)19-13-11-18(12-14-19)10-9-17-7-8-17/h1-6,11-15,17H,7-8,16H2,(H,29,30,31,32). The highest BCUT2D eigenvalue weighted by atomic mass is 35.5. The molecule has 6 nitrogen and oxygen atoms in total. The molecule has 7 heteroatoms. The number of pyridine rings is 1. The minimum atomic E-state index is -0.525. The van der Waals surface area contributed by atoms with Crippen molar-refractivity contribution in [2.45, 2.75) is 19.4 Å². The number of hydrogen-bond acceptors (Lipinski definition) is 5. The van der Waals surface area contributed by atoms with Crippen molar-refractivity contribution >= 4 is 11.6 Å². The van der Waals surface area contributed by atoms with Gasteiger partial charge in [-0.3, -0.25) is 9.97 Å². The van der Waals surface area contributed by atoms with E-state index in [1.807, 2.05) is 42.5 Å². The normalized spacial score (nSPS) is 12.6. The molecular weight excluding hydrogens is 436 g/mol. The molecule has 2 aromatic carbocycles. The number of halogens is 1. The van der Waals surface area contributed by atoms with Crippen LogP contribution in [0.4, 0.5) is 0 Å². The van der Waals surface area contributed by atoms with Gasteiger partial charge in [0.1, 0.15) is 18.2 Å². The average Bonchev–Trinajstić information content (AvgIpc) is 3.67. The lowest BCUT2D eigenvalue weighted by atomic mass is 10.1. The van der Waals surface area contributed by atoms with Gasteiger partial charge in [-0.1, -0.05) is 35.6 Å². The summed E-state index contributed by atoms with van der Waals surface area (Å²) < 4.78 is 5.97. The first-order valence-corrected chi connectivity index (χ1v) is 11.0. The zero-order valence-electron chi connectivity index (χ0n) is 17.6. The highest BCUT2D eigenvalue weighted by Crippen LogP contribution is 2.35. The minimum Gasteiger partial charge on any atom is -0.486 e. The number of aromatic amines is 1. The van der Waals surface area contributed by atoms with Crippen molar-refractivity contribution in [2.75, 3.05) is 0 Å². The van der Waals surface area contributed by atoms with E-state index in [-0.39, 0.29) is 12.4 Å². The Kier molecular flexibility index (Phi) is 5.88. The van der Waals surface area contributed by atoms with Gasteiger partial charge >= 0.3 is 5.69 Å². The van der Waals surface area contributed by atoms with Crippen LogP contribution >= 0.6 is 11.6 Å². The molecule has 0 saturated heterocycles. The van der Waals surface area contributed by atoms with E-state index in [9.17, 15) is 4.79 Å². The lowest BCUT2D eigenvalue weighted by Crippen LogP contribution is -2.15. The van der Waals surface area contributed by atoms with Crippen LogP contribution in [0.15, 0.2) is 71.7 Å². The summed E-state index contributed by atoms with van der Waals surface area (Å²) in [4.78, 5) is 28.0. The second-order valence-corrected chi connectivity index (χ2v) is 8.08. The smallest absolute Gasteiger partial charge is 0.348 e. The highest BCUT2D eigenvalue weighted by molar-refractivity contribution is 6.33. The first-order valence-electron chi connectivity index (χ1n) is 10.6. The van der Waals surface area contributed by atoms with Gasteiger partial charge in [-0.05, 0) is 61.4 Å². The monoisotopic (exact) mass is 454 g/mol. The highest BCUT2D eigenvalue weighted by Gasteiger charge is 2.18. The Bertz CT molecular complexity index is 1400. The van der Waals surface area contributed by atoms with E-state index in [2.05, 4.69) is 31.8 Å². The van der Waals surface area contributed by atoms with E-state index in [0.29, 0.717) is 33.6 Å². The zero-order chi connectivity index (χ0) is 22.6. The molecule has 1 saturated carbocycles. The molecule has 2 aromatic heterocycles. The fraction of sp³-hybridized carbons (Fsp3) is 0.154. The number of nitrogens with one attached hydrogen (secondary N) is 1. The largest absolute Gasteiger partial charge is 0.486 e. The van der Waals surface area contributed by atoms with Crippen LogP contribution in [0.3, 0.4) is 0 Å². The van der Waals surface area contributed by atoms with E-state index in [1.54, 1.807) is 24.4 Å². The molecule has 33 heavy (non-hydrogen) atoms. The Morgan fingerprint density at radius 3 is 2.64 bits per heavy atom. The third-order valence-corrected chi connectivity index (χ3v) is 5.42. The molecular formula is C26H19ClN4O2. The van der Waals surface area contributed by atoms with Gasteiger partial charge in [0.2, 0.25) is 0 Å². The van der Waals surface area contributed by atoms with Crippen molar-refractivity contribution in [3.05, 3.63) is 93.6 Å². The van der Waals surface area contributed by atoms with Gasteiger partial charge < -0.3 is 4.74 Å². The number of aromatic nitrogens is 4. The summed E-state index contributed by atoms with van der Waals surface area (Å²) in [5.74, 6) is 8.02. The van der Waals surface area contributed by atoms with E-state index in [0.717, 1.165) is 11.3 Å². The van der Waals surface area contributed by atoms with Crippen molar-refractivity contribution in [1.82, 2.24) is 19.9 Å². The van der Waals surface area contributed by atoms with Crippen LogP contribution in [-0.2, 0) is 6.61 Å². The summed E-state index contributed by atoms with van der Waals surface area (Å²) in [6, 6.07) is 18.4. The van der Waals surface area contributed by atoms with Gasteiger partial charge in [-0.25, -0.2) is 9.78 Å². The van der Waals surface area contributed by atoms with E-state index in [4.69, 9.17) is 16.3 Å². The van der Waals surface area contributed by atoms with E-state index >= 15 is 0 Å². The molecule has 0 aliphatic heterocycles. The number of H-pyrrole nitrogens is 1. The van der Waals surface area contributed by atoms with Crippen LogP contribution in [0.2, 0.25) is 5.02 Å². The van der Waals surface area contributed by atoms with Crippen molar-refractivity contribution in [3.8, 4) is 40.4 Å². The average molecular weight is 455 g/mol. The van der Waals surface area contributed by atoms with E-state index in [1.165, 1.54) is 12.8 Å². The topological polar surface area (TPSA) is 80.8 Å². The van der Waals surface area contributed by atoms with Gasteiger partial charge in [-0.2, -0.15) is 4.98 Å². The quantitative estimate of drug-likeness (QED) is 0.434. The Balaban J connectivity index is 1.47.